The van der Waals surface area contributed by atoms with E-state index < -0.39 is 0 Å². The number of methoxy groups -OCH3 is 1. The highest BCUT2D eigenvalue weighted by molar-refractivity contribution is 5.77. The molecule has 2 aromatic rings. The minimum Gasteiger partial charge on any atom is -0.380 e. The van der Waals surface area contributed by atoms with Crippen molar-refractivity contribution in [2.45, 2.75) is 32.4 Å². The summed E-state index contributed by atoms with van der Waals surface area (Å²) in [5, 5.41) is 2.90. The minimum atomic E-state index is -0.222. The number of nitrogens with two attached hydrogens (primary N) is 1. The molecule has 6 nitrogen and oxygen atoms in total. The fraction of sp³-hybridized carbons (Fsp3) is 0.500. The summed E-state index contributed by atoms with van der Waals surface area (Å²) in [5.41, 5.74) is 7.64. The number of aryl methyl sites for hydroxylation is 1. The summed E-state index contributed by atoms with van der Waals surface area (Å²) in [5.74, 6) is 0.947. The van der Waals surface area contributed by atoms with E-state index in [1.54, 1.807) is 7.11 Å². The van der Waals surface area contributed by atoms with Crippen LogP contribution in [0.15, 0.2) is 24.3 Å². The van der Waals surface area contributed by atoms with Gasteiger partial charge in [0.05, 0.1) is 23.6 Å². The van der Waals surface area contributed by atoms with Gasteiger partial charge in [-0.25, -0.2) is 4.98 Å². The van der Waals surface area contributed by atoms with Crippen molar-refractivity contribution in [2.24, 2.45) is 5.73 Å². The lowest BCUT2D eigenvalue weighted by molar-refractivity contribution is -0.123. The van der Waals surface area contributed by atoms with E-state index in [9.17, 15) is 4.79 Å². The normalized spacial score (nSPS) is 12.5. The van der Waals surface area contributed by atoms with E-state index in [2.05, 4.69) is 27.9 Å². The molecule has 0 saturated heterocycles. The Morgan fingerprint density at radius 3 is 2.91 bits per heavy atom. The highest BCUT2D eigenvalue weighted by Gasteiger charge is 2.12. The largest absolute Gasteiger partial charge is 0.380 e. The van der Waals surface area contributed by atoms with Crippen LogP contribution < -0.4 is 11.1 Å². The van der Waals surface area contributed by atoms with Crippen LogP contribution in [0, 0.1) is 0 Å². The molecule has 1 atom stereocenters. The van der Waals surface area contributed by atoms with Crippen LogP contribution in [0.25, 0.3) is 11.0 Å². The number of imidazole rings is 1. The zero-order valence-corrected chi connectivity index (χ0v) is 13.2. The molecule has 0 aliphatic heterocycles. The summed E-state index contributed by atoms with van der Waals surface area (Å²) in [7, 11) is 1.56. The monoisotopic (exact) mass is 304 g/mol. The quantitative estimate of drug-likeness (QED) is 0.764. The molecule has 0 saturated carbocycles. The van der Waals surface area contributed by atoms with E-state index in [-0.39, 0.29) is 18.4 Å². The Kier molecular flexibility index (Phi) is 5.91. The lowest BCUT2D eigenvalue weighted by Crippen LogP contribution is -2.33. The summed E-state index contributed by atoms with van der Waals surface area (Å²) < 4.78 is 7.29. The van der Waals surface area contributed by atoms with E-state index >= 15 is 0 Å². The van der Waals surface area contributed by atoms with Gasteiger partial charge in [-0.05, 0) is 19.1 Å². The van der Waals surface area contributed by atoms with Crippen molar-refractivity contribution in [2.75, 3.05) is 20.2 Å². The standard InChI is InChI=1S/C16H24N4O2/c1-3-20-14-7-5-4-6-13(14)19-15(20)8-9-18-16(21)10-12(11-17)22-2/h4-7,12H,3,8-11,17H2,1-2H3,(H,18,21). The number of aromatic nitrogens is 2. The van der Waals surface area contributed by atoms with Gasteiger partial charge in [-0.1, -0.05) is 12.1 Å². The summed E-state index contributed by atoms with van der Waals surface area (Å²) in [4.78, 5) is 16.5. The maximum Gasteiger partial charge on any atom is 0.222 e. The Hall–Kier alpha value is -1.92. The second kappa shape index (κ2) is 7.91. The first-order valence-electron chi connectivity index (χ1n) is 7.63. The van der Waals surface area contributed by atoms with Crippen LogP contribution >= 0.6 is 0 Å². The number of carbonyl (C=O) groups excluding carboxylic acids is 1. The van der Waals surface area contributed by atoms with Gasteiger partial charge in [0.1, 0.15) is 5.82 Å². The number of benzene rings is 1. The van der Waals surface area contributed by atoms with Gasteiger partial charge in [0.2, 0.25) is 5.91 Å². The number of fused-ring (bicyclic) bond motifs is 1. The summed E-state index contributed by atoms with van der Waals surface area (Å²) in [6.07, 6.45) is 0.770. The summed E-state index contributed by atoms with van der Waals surface area (Å²) >= 11 is 0. The van der Waals surface area contributed by atoms with Crippen molar-refractivity contribution in [1.82, 2.24) is 14.9 Å². The van der Waals surface area contributed by atoms with E-state index in [0.29, 0.717) is 19.5 Å². The second-order valence-corrected chi connectivity index (χ2v) is 5.16. The molecule has 3 N–H and O–H groups in total. The van der Waals surface area contributed by atoms with Crippen LogP contribution in [0.4, 0.5) is 0 Å². The van der Waals surface area contributed by atoms with Gasteiger partial charge in [0.25, 0.3) is 0 Å². The second-order valence-electron chi connectivity index (χ2n) is 5.16. The highest BCUT2D eigenvalue weighted by Crippen LogP contribution is 2.15. The van der Waals surface area contributed by atoms with Crippen LogP contribution in [0.3, 0.4) is 0 Å². The van der Waals surface area contributed by atoms with Crippen LogP contribution in [-0.4, -0.2) is 41.8 Å². The lowest BCUT2D eigenvalue weighted by Gasteiger charge is -2.12. The van der Waals surface area contributed by atoms with Crippen LogP contribution in [0.2, 0.25) is 0 Å². The first-order valence-corrected chi connectivity index (χ1v) is 7.63. The third kappa shape index (κ3) is 3.84. The van der Waals surface area contributed by atoms with Gasteiger partial charge in [-0.3, -0.25) is 4.79 Å². The molecular formula is C16H24N4O2. The van der Waals surface area contributed by atoms with Crippen molar-refractivity contribution in [1.29, 1.82) is 0 Å². The van der Waals surface area contributed by atoms with Gasteiger partial charge < -0.3 is 20.4 Å². The summed E-state index contributed by atoms with van der Waals surface area (Å²) in [6.45, 7) is 3.86. The number of para-hydroxylation sites is 2. The maximum absolute atomic E-state index is 11.8. The number of hydrogen-bond acceptors (Lipinski definition) is 4. The van der Waals surface area contributed by atoms with Crippen LogP contribution in [0.1, 0.15) is 19.2 Å². The van der Waals surface area contributed by atoms with Gasteiger partial charge in [0.15, 0.2) is 0 Å². The van der Waals surface area contributed by atoms with Gasteiger partial charge in [-0.15, -0.1) is 0 Å². The number of rotatable bonds is 8. The number of hydrogen-bond donors (Lipinski definition) is 2. The Morgan fingerprint density at radius 2 is 2.23 bits per heavy atom. The predicted molar refractivity (Wildman–Crippen MR) is 86.6 cm³/mol. The van der Waals surface area contributed by atoms with Crippen molar-refractivity contribution < 1.29 is 9.53 Å². The zero-order valence-electron chi connectivity index (χ0n) is 13.2. The summed E-state index contributed by atoms with van der Waals surface area (Å²) in [6, 6.07) is 8.07. The van der Waals surface area contributed by atoms with E-state index in [4.69, 9.17) is 10.5 Å². The van der Waals surface area contributed by atoms with Crippen molar-refractivity contribution >= 4 is 16.9 Å². The SMILES string of the molecule is CCn1c(CCNC(=O)CC(CN)OC)nc2ccccc21. The van der Waals surface area contributed by atoms with Crippen LogP contribution in [-0.2, 0) is 22.5 Å². The molecule has 1 unspecified atom stereocenters. The number of amides is 1. The average molecular weight is 304 g/mol. The zero-order chi connectivity index (χ0) is 15.9. The molecule has 1 aromatic heterocycles. The van der Waals surface area contributed by atoms with Gasteiger partial charge in [-0.2, -0.15) is 0 Å². The Morgan fingerprint density at radius 1 is 1.45 bits per heavy atom. The Bertz CT molecular complexity index is 620. The van der Waals surface area contributed by atoms with Crippen molar-refractivity contribution in [3.8, 4) is 0 Å². The third-order valence-corrected chi connectivity index (χ3v) is 3.73. The number of carbonyl (C=O) groups is 1. The smallest absolute Gasteiger partial charge is 0.222 e. The van der Waals surface area contributed by atoms with Gasteiger partial charge in [0, 0.05) is 33.2 Å². The van der Waals surface area contributed by atoms with Crippen LogP contribution in [0.5, 0.6) is 0 Å². The highest BCUT2D eigenvalue weighted by atomic mass is 16.5. The Labute approximate surface area is 130 Å². The molecule has 0 aliphatic rings. The van der Waals surface area contributed by atoms with Gasteiger partial charge >= 0.3 is 0 Å². The molecule has 0 bridgehead atoms. The maximum atomic E-state index is 11.8. The molecule has 1 aromatic carbocycles. The number of nitrogens with one attached hydrogen (secondary N) is 1. The fourth-order valence-electron chi connectivity index (χ4n) is 2.52. The first-order chi connectivity index (χ1) is 10.7. The third-order valence-electron chi connectivity index (χ3n) is 3.73. The molecule has 1 heterocycles. The van der Waals surface area contributed by atoms with E-state index in [1.807, 2.05) is 18.2 Å². The molecule has 2 rings (SSSR count). The molecule has 0 fully saturated rings. The van der Waals surface area contributed by atoms with E-state index in [1.165, 1.54) is 0 Å². The minimum absolute atomic E-state index is 0.0449. The topological polar surface area (TPSA) is 82.2 Å². The molecule has 0 aliphatic carbocycles. The predicted octanol–water partition coefficient (Wildman–Crippen LogP) is 1.08. The Balaban J connectivity index is 1.93. The number of ether oxygens (including phenoxy) is 1. The molecule has 0 spiro atoms. The molecule has 120 valence electrons. The molecule has 1 amide bonds. The lowest BCUT2D eigenvalue weighted by atomic mass is 10.2. The first kappa shape index (κ1) is 16.5. The molecule has 6 heteroatoms. The van der Waals surface area contributed by atoms with E-state index in [0.717, 1.165) is 23.4 Å². The molecule has 22 heavy (non-hydrogen) atoms. The molecular weight excluding hydrogens is 280 g/mol. The van der Waals surface area contributed by atoms with Crippen molar-refractivity contribution in [3.05, 3.63) is 30.1 Å². The average Bonchev–Trinajstić information content (AvgIpc) is 2.89. The molecule has 0 radical (unpaired) electrons. The number of nitrogens with zero attached hydrogens (tertiary/aromatic N) is 2. The van der Waals surface area contributed by atoms with Crippen molar-refractivity contribution in [3.63, 3.8) is 0 Å². The fourth-order valence-corrected chi connectivity index (χ4v) is 2.52.